The normalized spacial score (nSPS) is 22.9. The van der Waals surface area contributed by atoms with Gasteiger partial charge in [0, 0.05) is 13.2 Å². The second kappa shape index (κ2) is 4.90. The van der Waals surface area contributed by atoms with E-state index in [4.69, 9.17) is 15.0 Å². The molecule has 1 fully saturated rings. The summed E-state index contributed by atoms with van der Waals surface area (Å²) in [4.78, 5) is 6.34. The number of hydrogen-bond acceptors (Lipinski definition) is 6. The third kappa shape index (κ3) is 2.58. The molecule has 1 saturated heterocycles. The third-order valence-electron chi connectivity index (χ3n) is 2.63. The largest absolute Gasteiger partial charge is 0.381 e. The zero-order chi connectivity index (χ0) is 11.5. The van der Waals surface area contributed by atoms with Crippen LogP contribution in [-0.2, 0) is 4.74 Å². The lowest BCUT2D eigenvalue weighted by atomic mass is 10.1. The second-order valence-corrected chi connectivity index (χ2v) is 4.42. The van der Waals surface area contributed by atoms with E-state index in [2.05, 4.69) is 10.1 Å². The lowest BCUT2D eigenvalue weighted by Gasteiger charge is -2.12. The van der Waals surface area contributed by atoms with E-state index in [1.807, 2.05) is 19.0 Å². The van der Waals surface area contributed by atoms with E-state index in [9.17, 15) is 0 Å². The van der Waals surface area contributed by atoms with Crippen molar-refractivity contribution < 1.29 is 9.26 Å². The number of rotatable bonds is 4. The van der Waals surface area contributed by atoms with E-state index in [-0.39, 0.29) is 12.0 Å². The van der Waals surface area contributed by atoms with Crippen molar-refractivity contribution in [3.05, 3.63) is 11.7 Å². The van der Waals surface area contributed by atoms with Gasteiger partial charge in [-0.3, -0.25) is 0 Å². The molecule has 0 radical (unpaired) electrons. The maximum Gasteiger partial charge on any atom is 0.232 e. The minimum atomic E-state index is -0.199. The Morgan fingerprint density at radius 2 is 2.38 bits per heavy atom. The molecule has 1 aliphatic rings. The van der Waals surface area contributed by atoms with Gasteiger partial charge in [-0.1, -0.05) is 5.16 Å². The molecule has 2 unspecified atom stereocenters. The zero-order valence-corrected chi connectivity index (χ0v) is 9.72. The molecule has 1 aromatic heterocycles. The molecule has 0 aromatic carbocycles. The first-order valence-electron chi connectivity index (χ1n) is 5.48. The third-order valence-corrected chi connectivity index (χ3v) is 2.63. The number of likely N-dealkylation sites (N-methyl/N-ethyl adjacent to an activating group) is 1. The van der Waals surface area contributed by atoms with Gasteiger partial charge >= 0.3 is 0 Å². The molecular formula is C10H18N4O2. The molecule has 2 heterocycles. The molecule has 0 amide bonds. The predicted molar refractivity (Wildman–Crippen MR) is 58.0 cm³/mol. The van der Waals surface area contributed by atoms with Crippen LogP contribution in [0.1, 0.15) is 30.1 Å². The Kier molecular flexibility index (Phi) is 3.52. The molecule has 2 N–H and O–H groups in total. The van der Waals surface area contributed by atoms with Gasteiger partial charge in [-0.25, -0.2) is 0 Å². The lowest BCUT2D eigenvalue weighted by molar-refractivity contribution is 0.189. The van der Waals surface area contributed by atoms with E-state index >= 15 is 0 Å². The van der Waals surface area contributed by atoms with Crippen molar-refractivity contribution >= 4 is 0 Å². The number of ether oxygens (including phenoxy) is 1. The molecule has 0 aliphatic carbocycles. The van der Waals surface area contributed by atoms with Crippen LogP contribution in [0.25, 0.3) is 0 Å². The highest BCUT2D eigenvalue weighted by atomic mass is 16.5. The van der Waals surface area contributed by atoms with Crippen molar-refractivity contribution in [3.8, 4) is 0 Å². The molecular weight excluding hydrogens is 208 g/mol. The maximum absolute atomic E-state index is 5.95. The van der Waals surface area contributed by atoms with Crippen molar-refractivity contribution in [2.24, 2.45) is 5.73 Å². The quantitative estimate of drug-likeness (QED) is 0.786. The van der Waals surface area contributed by atoms with Crippen LogP contribution in [0.2, 0.25) is 0 Å². The fourth-order valence-corrected chi connectivity index (χ4v) is 1.77. The van der Waals surface area contributed by atoms with Crippen LogP contribution < -0.4 is 5.73 Å². The van der Waals surface area contributed by atoms with Gasteiger partial charge in [-0.15, -0.1) is 0 Å². The van der Waals surface area contributed by atoms with Crippen LogP contribution in [-0.4, -0.2) is 48.9 Å². The van der Waals surface area contributed by atoms with Gasteiger partial charge in [0.2, 0.25) is 5.89 Å². The van der Waals surface area contributed by atoms with Crippen LogP contribution in [0.15, 0.2) is 4.52 Å². The van der Waals surface area contributed by atoms with Crippen LogP contribution in [0, 0.1) is 0 Å². The molecule has 0 saturated carbocycles. The monoisotopic (exact) mass is 226 g/mol. The zero-order valence-electron chi connectivity index (χ0n) is 9.72. The van der Waals surface area contributed by atoms with Crippen LogP contribution >= 0.6 is 0 Å². The fraction of sp³-hybridized carbons (Fsp3) is 0.800. The Bertz CT molecular complexity index is 333. The molecule has 2 atom stereocenters. The summed E-state index contributed by atoms with van der Waals surface area (Å²) >= 11 is 0. The van der Waals surface area contributed by atoms with Crippen LogP contribution in [0.5, 0.6) is 0 Å². The summed E-state index contributed by atoms with van der Waals surface area (Å²) in [5.74, 6) is 1.48. The van der Waals surface area contributed by atoms with Gasteiger partial charge < -0.3 is 19.9 Å². The predicted octanol–water partition coefficient (Wildman–Crippen LogP) is 0.135. The first-order valence-corrected chi connectivity index (χ1v) is 5.48. The highest BCUT2D eigenvalue weighted by molar-refractivity contribution is 4.99. The highest BCUT2D eigenvalue weighted by Gasteiger charge is 2.25. The van der Waals surface area contributed by atoms with Crippen molar-refractivity contribution in [1.82, 2.24) is 15.0 Å². The Morgan fingerprint density at radius 1 is 1.56 bits per heavy atom. The smallest absolute Gasteiger partial charge is 0.232 e. The van der Waals surface area contributed by atoms with E-state index in [1.54, 1.807) is 0 Å². The fourth-order valence-electron chi connectivity index (χ4n) is 1.77. The molecule has 16 heavy (non-hydrogen) atoms. The minimum Gasteiger partial charge on any atom is -0.381 e. The molecule has 0 spiro atoms. The summed E-state index contributed by atoms with van der Waals surface area (Å²) in [5, 5.41) is 3.92. The first-order chi connectivity index (χ1) is 7.66. The molecule has 90 valence electrons. The highest BCUT2D eigenvalue weighted by Crippen LogP contribution is 2.24. The van der Waals surface area contributed by atoms with E-state index in [1.165, 1.54) is 0 Å². The molecule has 0 bridgehead atoms. The summed E-state index contributed by atoms with van der Waals surface area (Å²) < 4.78 is 10.5. The van der Waals surface area contributed by atoms with Crippen molar-refractivity contribution in [1.29, 1.82) is 0 Å². The molecule has 2 rings (SSSR count). The summed E-state index contributed by atoms with van der Waals surface area (Å²) in [7, 11) is 3.93. The van der Waals surface area contributed by atoms with Crippen LogP contribution in [0.4, 0.5) is 0 Å². The lowest BCUT2D eigenvalue weighted by Crippen LogP contribution is -2.26. The van der Waals surface area contributed by atoms with Gasteiger partial charge in [0.1, 0.15) is 0 Å². The summed E-state index contributed by atoms with van der Waals surface area (Å²) in [5.41, 5.74) is 5.95. The molecule has 1 aliphatic heterocycles. The Labute approximate surface area is 94.7 Å². The van der Waals surface area contributed by atoms with Gasteiger partial charge in [-0.2, -0.15) is 4.98 Å². The summed E-state index contributed by atoms with van der Waals surface area (Å²) in [6, 6.07) is -0.199. The van der Waals surface area contributed by atoms with E-state index in [0.717, 1.165) is 13.0 Å². The van der Waals surface area contributed by atoms with Gasteiger partial charge in [0.25, 0.3) is 0 Å². The van der Waals surface area contributed by atoms with Crippen molar-refractivity contribution in [2.45, 2.75) is 18.4 Å². The minimum absolute atomic E-state index is 0.199. The second-order valence-electron chi connectivity index (χ2n) is 4.42. The Balaban J connectivity index is 2.00. The standard InChI is InChI=1S/C10H18N4O2/c1-14(2)5-8(11)9-12-10(16-13-9)7-3-4-15-6-7/h7-8H,3-6,11H2,1-2H3. The SMILES string of the molecule is CN(C)CC(N)c1noc(C2CCOC2)n1. The van der Waals surface area contributed by atoms with Crippen molar-refractivity contribution in [2.75, 3.05) is 33.9 Å². The first kappa shape index (κ1) is 11.5. The Hall–Kier alpha value is -0.980. The summed E-state index contributed by atoms with van der Waals surface area (Å²) in [6.45, 7) is 2.15. The molecule has 6 nitrogen and oxygen atoms in total. The van der Waals surface area contributed by atoms with Crippen molar-refractivity contribution in [3.63, 3.8) is 0 Å². The number of hydrogen-bond donors (Lipinski definition) is 1. The number of aromatic nitrogens is 2. The summed E-state index contributed by atoms with van der Waals surface area (Å²) in [6.07, 6.45) is 0.949. The van der Waals surface area contributed by atoms with E-state index in [0.29, 0.717) is 24.9 Å². The van der Waals surface area contributed by atoms with E-state index < -0.39 is 0 Å². The van der Waals surface area contributed by atoms with Crippen LogP contribution in [0.3, 0.4) is 0 Å². The average Bonchev–Trinajstić information content (AvgIpc) is 2.87. The van der Waals surface area contributed by atoms with Gasteiger partial charge in [0.15, 0.2) is 5.82 Å². The number of nitrogens with zero attached hydrogens (tertiary/aromatic N) is 3. The van der Waals surface area contributed by atoms with Gasteiger partial charge in [0.05, 0.1) is 18.6 Å². The molecule has 6 heteroatoms. The maximum atomic E-state index is 5.95. The Morgan fingerprint density at radius 3 is 3.00 bits per heavy atom. The average molecular weight is 226 g/mol. The number of nitrogens with two attached hydrogens (primary N) is 1. The van der Waals surface area contributed by atoms with Gasteiger partial charge in [-0.05, 0) is 20.5 Å². The molecule has 1 aromatic rings. The topological polar surface area (TPSA) is 77.4 Å².